The largest absolute Gasteiger partial charge is 0.392 e. The van der Waals surface area contributed by atoms with Crippen LogP contribution in [0.1, 0.15) is 22.3 Å². The minimum atomic E-state index is 0.0954. The Labute approximate surface area is 103 Å². The normalized spacial score (nSPS) is 10.6. The maximum absolute atomic E-state index is 9.24. The zero-order chi connectivity index (χ0) is 12.4. The van der Waals surface area contributed by atoms with Crippen molar-refractivity contribution in [1.82, 2.24) is 0 Å². The van der Waals surface area contributed by atoms with Crippen LogP contribution in [0.3, 0.4) is 0 Å². The van der Waals surface area contributed by atoms with Gasteiger partial charge < -0.3 is 5.11 Å². The lowest BCUT2D eigenvalue weighted by Crippen LogP contribution is -1.93. The zero-order valence-corrected chi connectivity index (χ0v) is 10.6. The lowest BCUT2D eigenvalue weighted by Gasteiger charge is -2.13. The maximum Gasteiger partial charge on any atom is 0.0682 e. The highest BCUT2D eigenvalue weighted by Gasteiger charge is 2.08. The highest BCUT2D eigenvalue weighted by atomic mass is 16.3. The highest BCUT2D eigenvalue weighted by Crippen LogP contribution is 2.30. The first-order chi connectivity index (χ1) is 8.13. The summed E-state index contributed by atoms with van der Waals surface area (Å²) in [4.78, 5) is 0. The Bertz CT molecular complexity index is 521. The van der Waals surface area contributed by atoms with Crippen molar-refractivity contribution in [3.8, 4) is 11.1 Å². The van der Waals surface area contributed by atoms with Gasteiger partial charge in [-0.1, -0.05) is 30.3 Å². The Morgan fingerprint density at radius 2 is 1.53 bits per heavy atom. The van der Waals surface area contributed by atoms with Crippen molar-refractivity contribution in [3.05, 3.63) is 58.7 Å². The third kappa shape index (κ3) is 2.25. The molecule has 0 saturated heterocycles. The van der Waals surface area contributed by atoms with Gasteiger partial charge in [-0.15, -0.1) is 0 Å². The molecule has 0 aliphatic rings. The molecule has 17 heavy (non-hydrogen) atoms. The van der Waals surface area contributed by atoms with E-state index in [1.807, 2.05) is 6.07 Å². The Morgan fingerprint density at radius 3 is 2.12 bits per heavy atom. The smallest absolute Gasteiger partial charge is 0.0682 e. The van der Waals surface area contributed by atoms with Crippen LogP contribution in [0.15, 0.2) is 36.4 Å². The van der Waals surface area contributed by atoms with Crippen LogP contribution in [0.25, 0.3) is 11.1 Å². The zero-order valence-electron chi connectivity index (χ0n) is 10.6. The minimum absolute atomic E-state index is 0.0954. The van der Waals surface area contributed by atoms with Crippen molar-refractivity contribution < 1.29 is 5.11 Å². The van der Waals surface area contributed by atoms with Gasteiger partial charge in [-0.25, -0.2) is 0 Å². The molecule has 0 fully saturated rings. The van der Waals surface area contributed by atoms with Crippen molar-refractivity contribution in [1.29, 1.82) is 0 Å². The maximum atomic E-state index is 9.24. The second kappa shape index (κ2) is 4.72. The minimum Gasteiger partial charge on any atom is -0.392 e. The molecule has 0 saturated carbocycles. The van der Waals surface area contributed by atoms with Gasteiger partial charge in [-0.05, 0) is 60.2 Å². The summed E-state index contributed by atoms with van der Waals surface area (Å²) in [6.45, 7) is 6.47. The molecule has 0 aromatic heterocycles. The monoisotopic (exact) mass is 226 g/mol. The van der Waals surface area contributed by atoms with E-state index < -0.39 is 0 Å². The number of aryl methyl sites for hydroxylation is 3. The second-order valence-corrected chi connectivity index (χ2v) is 4.57. The van der Waals surface area contributed by atoms with Crippen molar-refractivity contribution in [2.75, 3.05) is 0 Å². The summed E-state index contributed by atoms with van der Waals surface area (Å²) in [6, 6.07) is 12.5. The number of hydrogen-bond acceptors (Lipinski definition) is 1. The number of hydrogen-bond donors (Lipinski definition) is 1. The first-order valence-electron chi connectivity index (χ1n) is 5.90. The molecule has 2 aromatic rings. The number of aliphatic hydroxyl groups is 1. The molecular formula is C16H18O. The summed E-state index contributed by atoms with van der Waals surface area (Å²) >= 11 is 0. The van der Waals surface area contributed by atoms with E-state index in [-0.39, 0.29) is 6.61 Å². The van der Waals surface area contributed by atoms with Crippen LogP contribution in [0.4, 0.5) is 0 Å². The van der Waals surface area contributed by atoms with E-state index in [0.717, 1.165) is 5.56 Å². The standard InChI is InChI=1S/C16H18O/c1-11-7-8-14(10-17)9-15(11)16-12(2)5-4-6-13(16)3/h4-9,17H,10H2,1-3H3. The summed E-state index contributed by atoms with van der Waals surface area (Å²) in [6.07, 6.45) is 0. The van der Waals surface area contributed by atoms with Crippen molar-refractivity contribution in [3.63, 3.8) is 0 Å². The summed E-state index contributed by atoms with van der Waals surface area (Å²) in [5.41, 5.74) is 7.30. The molecule has 1 N–H and O–H groups in total. The first kappa shape index (κ1) is 11.9. The average Bonchev–Trinajstić information content (AvgIpc) is 2.31. The molecule has 0 atom stereocenters. The molecule has 1 heteroatoms. The number of benzene rings is 2. The van der Waals surface area contributed by atoms with Gasteiger partial charge in [-0.2, -0.15) is 0 Å². The summed E-state index contributed by atoms with van der Waals surface area (Å²) in [7, 11) is 0. The SMILES string of the molecule is Cc1ccc(CO)cc1-c1c(C)cccc1C. The van der Waals surface area contributed by atoms with Gasteiger partial charge in [0.05, 0.1) is 6.61 Å². The Balaban J connectivity index is 2.67. The van der Waals surface area contributed by atoms with Crippen molar-refractivity contribution >= 4 is 0 Å². The summed E-state index contributed by atoms with van der Waals surface area (Å²) < 4.78 is 0. The predicted molar refractivity (Wildman–Crippen MR) is 72.0 cm³/mol. The van der Waals surface area contributed by atoms with Gasteiger partial charge in [-0.3, -0.25) is 0 Å². The lowest BCUT2D eigenvalue weighted by atomic mass is 9.91. The van der Waals surface area contributed by atoms with Gasteiger partial charge in [0, 0.05) is 0 Å². The van der Waals surface area contributed by atoms with Crippen LogP contribution >= 0.6 is 0 Å². The molecule has 88 valence electrons. The van der Waals surface area contributed by atoms with Gasteiger partial charge in [0.2, 0.25) is 0 Å². The first-order valence-corrected chi connectivity index (χ1v) is 5.90. The van der Waals surface area contributed by atoms with Crippen molar-refractivity contribution in [2.45, 2.75) is 27.4 Å². The number of aliphatic hydroxyl groups excluding tert-OH is 1. The Kier molecular flexibility index (Phi) is 3.30. The van der Waals surface area contributed by atoms with Gasteiger partial charge >= 0.3 is 0 Å². The van der Waals surface area contributed by atoms with Crippen molar-refractivity contribution in [2.24, 2.45) is 0 Å². The predicted octanol–water partition coefficient (Wildman–Crippen LogP) is 3.77. The van der Waals surface area contributed by atoms with E-state index in [9.17, 15) is 5.11 Å². The molecule has 2 rings (SSSR count). The fraction of sp³-hybridized carbons (Fsp3) is 0.250. The Hall–Kier alpha value is -1.60. The van der Waals surface area contributed by atoms with Crippen LogP contribution < -0.4 is 0 Å². The molecule has 0 unspecified atom stereocenters. The topological polar surface area (TPSA) is 20.2 Å². The molecule has 0 aliphatic heterocycles. The van der Waals surface area contributed by atoms with Gasteiger partial charge in [0.25, 0.3) is 0 Å². The number of rotatable bonds is 2. The molecule has 0 spiro atoms. The molecule has 0 bridgehead atoms. The van der Waals surface area contributed by atoms with E-state index >= 15 is 0 Å². The summed E-state index contributed by atoms with van der Waals surface area (Å²) in [5.74, 6) is 0. The fourth-order valence-electron chi connectivity index (χ4n) is 2.28. The highest BCUT2D eigenvalue weighted by molar-refractivity contribution is 5.74. The quantitative estimate of drug-likeness (QED) is 0.826. The molecule has 0 aliphatic carbocycles. The third-order valence-electron chi connectivity index (χ3n) is 3.24. The molecule has 0 heterocycles. The van der Waals surface area contributed by atoms with Crippen LogP contribution in [0, 0.1) is 20.8 Å². The van der Waals surface area contributed by atoms with Gasteiger partial charge in [0.1, 0.15) is 0 Å². The third-order valence-corrected chi connectivity index (χ3v) is 3.24. The molecular weight excluding hydrogens is 208 g/mol. The summed E-state index contributed by atoms with van der Waals surface area (Å²) in [5, 5.41) is 9.24. The van der Waals surface area contributed by atoms with Crippen LogP contribution in [0.2, 0.25) is 0 Å². The average molecular weight is 226 g/mol. The fourth-order valence-corrected chi connectivity index (χ4v) is 2.28. The van der Waals surface area contributed by atoms with Crippen LogP contribution in [0.5, 0.6) is 0 Å². The van der Waals surface area contributed by atoms with Gasteiger partial charge in [0.15, 0.2) is 0 Å². The second-order valence-electron chi connectivity index (χ2n) is 4.57. The van der Waals surface area contributed by atoms with Crippen LogP contribution in [-0.2, 0) is 6.61 Å². The van der Waals surface area contributed by atoms with Crippen LogP contribution in [-0.4, -0.2) is 5.11 Å². The van der Waals surface area contributed by atoms with E-state index in [4.69, 9.17) is 0 Å². The molecule has 1 nitrogen and oxygen atoms in total. The van der Waals surface area contributed by atoms with E-state index in [0.29, 0.717) is 0 Å². The molecule has 0 radical (unpaired) electrons. The molecule has 2 aromatic carbocycles. The molecule has 0 amide bonds. The van der Waals surface area contributed by atoms with E-state index in [1.165, 1.54) is 27.8 Å². The van der Waals surface area contributed by atoms with E-state index in [2.05, 4.69) is 51.1 Å². The lowest BCUT2D eigenvalue weighted by molar-refractivity contribution is 0.282. The Morgan fingerprint density at radius 1 is 0.882 bits per heavy atom. The van der Waals surface area contributed by atoms with E-state index in [1.54, 1.807) is 0 Å².